The Balaban J connectivity index is 0.000000182. The minimum atomic E-state index is -2.83. The number of halogens is 2. The molecule has 4 rings (SSSR count). The zero-order chi connectivity index (χ0) is 23.3. The summed E-state index contributed by atoms with van der Waals surface area (Å²) in [7, 11) is 2.20. The van der Waals surface area contributed by atoms with E-state index in [-0.39, 0.29) is 5.56 Å². The third-order valence-electron chi connectivity index (χ3n) is 6.28. The van der Waals surface area contributed by atoms with E-state index in [4.69, 9.17) is 5.73 Å². The van der Waals surface area contributed by atoms with Crippen LogP contribution in [0.15, 0.2) is 55.2 Å². The van der Waals surface area contributed by atoms with E-state index in [1.54, 1.807) is 18.3 Å². The molecule has 0 amide bonds. The van der Waals surface area contributed by atoms with E-state index in [2.05, 4.69) is 47.8 Å². The number of likely N-dealkylation sites (tertiary alicyclic amines) is 1. The third-order valence-corrected chi connectivity index (χ3v) is 6.28. The topological polar surface area (TPSA) is 42.2 Å². The van der Waals surface area contributed by atoms with Crippen LogP contribution < -0.4 is 5.73 Å². The molecule has 1 aromatic heterocycles. The molecule has 1 aliphatic rings. The molecule has 0 aliphatic carbocycles. The molecule has 32 heavy (non-hydrogen) atoms. The maximum Gasteiger partial charge on any atom is 0.270 e. The van der Waals surface area contributed by atoms with Crippen LogP contribution >= 0.6 is 0 Å². The molecule has 1 aliphatic heterocycles. The Morgan fingerprint density at radius 1 is 1.19 bits per heavy atom. The lowest BCUT2D eigenvalue weighted by atomic mass is 9.89. The van der Waals surface area contributed by atoms with E-state index >= 15 is 0 Å². The van der Waals surface area contributed by atoms with Gasteiger partial charge in [0.1, 0.15) is 0 Å². The number of piperidine rings is 1. The number of nitrogens with two attached hydrogens (primary N) is 1. The predicted molar refractivity (Wildman–Crippen MR) is 130 cm³/mol. The molecule has 0 unspecified atom stereocenters. The highest BCUT2D eigenvalue weighted by molar-refractivity contribution is 5.85. The van der Waals surface area contributed by atoms with E-state index in [0.717, 1.165) is 29.4 Å². The van der Waals surface area contributed by atoms with Crippen molar-refractivity contribution in [3.05, 3.63) is 83.1 Å². The molecule has 2 N–H and O–H groups in total. The number of alkyl halides is 2. The van der Waals surface area contributed by atoms with Crippen LogP contribution in [0.5, 0.6) is 0 Å². The van der Waals surface area contributed by atoms with Crippen molar-refractivity contribution in [3.63, 3.8) is 0 Å². The number of fused-ring (bicyclic) bond motifs is 1. The largest absolute Gasteiger partial charge is 0.326 e. The first kappa shape index (κ1) is 24.0. The first-order valence-electron chi connectivity index (χ1n) is 11.1. The van der Waals surface area contributed by atoms with Crippen LogP contribution in [0.25, 0.3) is 17.0 Å². The second-order valence-electron chi connectivity index (χ2n) is 8.69. The van der Waals surface area contributed by atoms with Gasteiger partial charge in [0, 0.05) is 30.6 Å². The maximum atomic E-state index is 13.2. The van der Waals surface area contributed by atoms with Gasteiger partial charge in [0.25, 0.3) is 5.92 Å². The lowest BCUT2D eigenvalue weighted by Gasteiger charge is -2.29. The summed E-state index contributed by atoms with van der Waals surface area (Å²) in [5, 5.41) is 0.885. The Labute approximate surface area is 190 Å². The predicted octanol–water partition coefficient (Wildman–Crippen LogP) is 6.25. The standard InChI is InChI=1S/C14H13F2N.C13H20N2/c1-4-10-8-17-13-7-11(14(3,15)16)5-6-12(13)9(10)2;1-15-7-5-12(6-8-15)13-4-2-3-11(9-13)10-14/h4-8H,1H2,2-3H3;2-4,9,12H,5-8,10,14H2,1H3. The minimum Gasteiger partial charge on any atom is -0.326 e. The van der Waals surface area contributed by atoms with Gasteiger partial charge in [0.2, 0.25) is 0 Å². The number of nitrogens with zero attached hydrogens (tertiary/aromatic N) is 2. The Bertz CT molecular complexity index is 1060. The fraction of sp³-hybridized carbons (Fsp3) is 0.370. The van der Waals surface area contributed by atoms with E-state index in [1.807, 2.05) is 6.92 Å². The Kier molecular flexibility index (Phi) is 7.75. The number of benzene rings is 2. The van der Waals surface area contributed by atoms with Crippen LogP contribution in [0.4, 0.5) is 8.78 Å². The molecule has 0 atom stereocenters. The molecular formula is C27H33F2N3. The summed E-state index contributed by atoms with van der Waals surface area (Å²) < 4.78 is 26.4. The highest BCUT2D eigenvalue weighted by Gasteiger charge is 2.24. The molecule has 3 nitrogen and oxygen atoms in total. The second kappa shape index (κ2) is 10.3. The second-order valence-corrected chi connectivity index (χ2v) is 8.69. The lowest BCUT2D eigenvalue weighted by molar-refractivity contribution is 0.0176. The Morgan fingerprint density at radius 3 is 2.53 bits per heavy atom. The van der Waals surface area contributed by atoms with Crippen LogP contribution in [0.2, 0.25) is 0 Å². The molecule has 2 heterocycles. The zero-order valence-electron chi connectivity index (χ0n) is 19.2. The summed E-state index contributed by atoms with van der Waals surface area (Å²) in [6.45, 7) is 9.61. The van der Waals surface area contributed by atoms with Crippen molar-refractivity contribution in [1.29, 1.82) is 0 Å². The number of hydrogen-bond donors (Lipinski definition) is 1. The van der Waals surface area contributed by atoms with Crippen LogP contribution in [-0.4, -0.2) is 30.0 Å². The van der Waals surface area contributed by atoms with Gasteiger partial charge in [0.05, 0.1) is 5.52 Å². The normalized spacial score (nSPS) is 15.3. The quantitative estimate of drug-likeness (QED) is 0.524. The van der Waals surface area contributed by atoms with E-state index in [9.17, 15) is 8.78 Å². The van der Waals surface area contributed by atoms with Crippen molar-refractivity contribution >= 4 is 17.0 Å². The van der Waals surface area contributed by atoms with E-state index < -0.39 is 5.92 Å². The van der Waals surface area contributed by atoms with Crippen molar-refractivity contribution in [2.24, 2.45) is 5.73 Å². The first-order chi connectivity index (χ1) is 15.2. The van der Waals surface area contributed by atoms with E-state index in [1.165, 1.54) is 49.2 Å². The number of aromatic nitrogens is 1. The number of rotatable bonds is 4. The molecular weight excluding hydrogens is 404 g/mol. The van der Waals surface area contributed by atoms with Crippen molar-refractivity contribution in [1.82, 2.24) is 9.88 Å². The Morgan fingerprint density at radius 2 is 1.91 bits per heavy atom. The van der Waals surface area contributed by atoms with Crippen molar-refractivity contribution in [3.8, 4) is 0 Å². The molecule has 5 heteroatoms. The fourth-order valence-electron chi connectivity index (χ4n) is 4.14. The number of aryl methyl sites for hydroxylation is 1. The number of pyridine rings is 1. The van der Waals surface area contributed by atoms with Crippen molar-refractivity contribution in [2.45, 2.75) is 45.1 Å². The van der Waals surface area contributed by atoms with Crippen molar-refractivity contribution < 1.29 is 8.78 Å². The molecule has 1 saturated heterocycles. The van der Waals surface area contributed by atoms with Crippen molar-refractivity contribution in [2.75, 3.05) is 20.1 Å². The van der Waals surface area contributed by atoms with Gasteiger partial charge >= 0.3 is 0 Å². The fourth-order valence-corrected chi connectivity index (χ4v) is 4.14. The smallest absolute Gasteiger partial charge is 0.270 e. The minimum absolute atomic E-state index is 0.0109. The first-order valence-corrected chi connectivity index (χ1v) is 11.1. The highest BCUT2D eigenvalue weighted by Crippen LogP contribution is 2.30. The van der Waals surface area contributed by atoms with Gasteiger partial charge in [-0.1, -0.05) is 49.1 Å². The molecule has 2 aromatic carbocycles. The number of hydrogen-bond acceptors (Lipinski definition) is 3. The van der Waals surface area contributed by atoms with Gasteiger partial charge in [-0.2, -0.15) is 0 Å². The summed E-state index contributed by atoms with van der Waals surface area (Å²) in [6, 6.07) is 13.3. The molecule has 0 saturated carbocycles. The van der Waals surface area contributed by atoms with Gasteiger partial charge in [-0.05, 0) is 74.1 Å². The molecule has 170 valence electrons. The summed E-state index contributed by atoms with van der Waals surface area (Å²) in [5.41, 5.74) is 10.9. The van der Waals surface area contributed by atoms with Gasteiger partial charge in [0.15, 0.2) is 0 Å². The summed E-state index contributed by atoms with van der Waals surface area (Å²) >= 11 is 0. The average Bonchev–Trinajstić information content (AvgIpc) is 2.79. The summed E-state index contributed by atoms with van der Waals surface area (Å²) in [5.74, 6) is -2.09. The van der Waals surface area contributed by atoms with E-state index in [0.29, 0.717) is 12.1 Å². The molecule has 3 aromatic rings. The molecule has 0 radical (unpaired) electrons. The van der Waals surface area contributed by atoms with Crippen LogP contribution in [0, 0.1) is 6.92 Å². The molecule has 1 fully saturated rings. The summed E-state index contributed by atoms with van der Waals surface area (Å²) in [6.07, 6.45) is 5.93. The third kappa shape index (κ3) is 5.78. The maximum absolute atomic E-state index is 13.2. The van der Waals surface area contributed by atoms with Crippen LogP contribution in [0.3, 0.4) is 0 Å². The average molecular weight is 438 g/mol. The van der Waals surface area contributed by atoms with Gasteiger partial charge < -0.3 is 10.6 Å². The van der Waals surface area contributed by atoms with Gasteiger partial charge in [-0.25, -0.2) is 8.78 Å². The van der Waals surface area contributed by atoms with Gasteiger partial charge in [-0.3, -0.25) is 4.98 Å². The molecule has 0 bridgehead atoms. The van der Waals surface area contributed by atoms with Crippen LogP contribution in [-0.2, 0) is 12.5 Å². The Hall–Kier alpha value is -2.63. The highest BCUT2D eigenvalue weighted by atomic mass is 19.3. The van der Waals surface area contributed by atoms with Gasteiger partial charge in [-0.15, -0.1) is 0 Å². The SMILES string of the molecule is C=Cc1cnc2cc(C(C)(F)F)ccc2c1C.CN1CCC(c2cccc(CN)c2)CC1. The zero-order valence-corrected chi connectivity index (χ0v) is 19.2. The monoisotopic (exact) mass is 437 g/mol. The van der Waals surface area contributed by atoms with Crippen LogP contribution in [0.1, 0.15) is 53.5 Å². The summed E-state index contributed by atoms with van der Waals surface area (Å²) in [4.78, 5) is 6.59. The molecule has 0 spiro atoms. The lowest BCUT2D eigenvalue weighted by Crippen LogP contribution is -2.29.